The van der Waals surface area contributed by atoms with Crippen molar-refractivity contribution in [2.45, 2.75) is 36.8 Å². The summed E-state index contributed by atoms with van der Waals surface area (Å²) in [7, 11) is -3.72. The average molecular weight is 353 g/mol. The second-order valence-corrected chi connectivity index (χ2v) is 7.45. The predicted molar refractivity (Wildman–Crippen MR) is 83.1 cm³/mol. The Morgan fingerprint density at radius 2 is 2.14 bits per heavy atom. The molecule has 21 heavy (non-hydrogen) atoms. The topological polar surface area (TPSA) is 81.4 Å². The monoisotopic (exact) mass is 352 g/mol. The maximum absolute atomic E-state index is 12.3. The van der Waals surface area contributed by atoms with Crippen molar-refractivity contribution in [2.24, 2.45) is 5.73 Å². The lowest BCUT2D eigenvalue weighted by Crippen LogP contribution is -2.27. The third-order valence-electron chi connectivity index (χ3n) is 3.37. The Bertz CT molecular complexity index is 602. The first-order chi connectivity index (χ1) is 9.94. The molecule has 3 N–H and O–H groups in total. The molecule has 1 aliphatic rings. The zero-order valence-corrected chi connectivity index (χ0v) is 13.8. The molecule has 1 heterocycles. The van der Waals surface area contributed by atoms with Crippen LogP contribution in [0.4, 0.5) is 0 Å². The highest BCUT2D eigenvalue weighted by atomic mass is 35.5. The molecule has 1 aromatic rings. The number of nitrogens with two attached hydrogens (primary N) is 1. The van der Waals surface area contributed by atoms with E-state index >= 15 is 0 Å². The highest BCUT2D eigenvalue weighted by Gasteiger charge is 2.22. The normalized spacial score (nSPS) is 19.1. The van der Waals surface area contributed by atoms with Crippen molar-refractivity contribution in [1.29, 1.82) is 0 Å². The quantitative estimate of drug-likeness (QED) is 0.822. The van der Waals surface area contributed by atoms with Crippen LogP contribution < -0.4 is 10.5 Å². The molecule has 1 unspecified atom stereocenters. The number of nitrogens with one attached hydrogen (secondary N) is 1. The van der Waals surface area contributed by atoms with Crippen LogP contribution in [-0.2, 0) is 21.3 Å². The van der Waals surface area contributed by atoms with E-state index in [0.717, 1.165) is 19.4 Å². The molecule has 1 atom stereocenters. The van der Waals surface area contributed by atoms with E-state index in [1.54, 1.807) is 6.07 Å². The first kappa shape index (κ1) is 17.0. The highest BCUT2D eigenvalue weighted by Crippen LogP contribution is 2.29. The van der Waals surface area contributed by atoms with Gasteiger partial charge in [-0.2, -0.15) is 0 Å². The van der Waals surface area contributed by atoms with Gasteiger partial charge in [-0.1, -0.05) is 23.2 Å². The Labute approximate surface area is 134 Å². The molecule has 0 spiro atoms. The molecule has 1 fully saturated rings. The van der Waals surface area contributed by atoms with Crippen molar-refractivity contribution < 1.29 is 13.2 Å². The van der Waals surface area contributed by atoms with Gasteiger partial charge in [0, 0.05) is 24.7 Å². The fraction of sp³-hybridized carbons (Fsp3) is 0.538. The van der Waals surface area contributed by atoms with E-state index in [9.17, 15) is 8.42 Å². The van der Waals surface area contributed by atoms with Gasteiger partial charge in [0.15, 0.2) is 0 Å². The average Bonchev–Trinajstić information content (AvgIpc) is 2.93. The lowest BCUT2D eigenvalue weighted by atomic mass is 10.2. The Kier molecular flexibility index (Phi) is 5.88. The summed E-state index contributed by atoms with van der Waals surface area (Å²) in [4.78, 5) is -0.0375. The predicted octanol–water partition coefficient (Wildman–Crippen LogP) is 2.30. The molecule has 2 rings (SSSR count). The minimum Gasteiger partial charge on any atom is -0.378 e. The van der Waals surface area contributed by atoms with Crippen LogP contribution in [0.3, 0.4) is 0 Å². The van der Waals surface area contributed by atoms with E-state index in [1.807, 2.05) is 0 Å². The zero-order chi connectivity index (χ0) is 15.5. The number of ether oxygens (including phenoxy) is 1. The summed E-state index contributed by atoms with van der Waals surface area (Å²) in [6.07, 6.45) is 2.76. The summed E-state index contributed by atoms with van der Waals surface area (Å²) in [5.74, 6) is 0. The van der Waals surface area contributed by atoms with Gasteiger partial charge in [-0.3, -0.25) is 0 Å². The van der Waals surface area contributed by atoms with Crippen molar-refractivity contribution in [3.8, 4) is 0 Å². The number of benzene rings is 1. The van der Waals surface area contributed by atoms with Gasteiger partial charge in [0.25, 0.3) is 0 Å². The molecule has 8 heteroatoms. The second kappa shape index (κ2) is 7.26. The van der Waals surface area contributed by atoms with E-state index in [4.69, 9.17) is 33.7 Å². The molecule has 0 saturated carbocycles. The van der Waals surface area contributed by atoms with Crippen molar-refractivity contribution in [3.05, 3.63) is 27.7 Å². The van der Waals surface area contributed by atoms with Crippen molar-refractivity contribution in [1.82, 2.24) is 4.72 Å². The zero-order valence-electron chi connectivity index (χ0n) is 11.4. The van der Waals surface area contributed by atoms with Crippen LogP contribution in [0.5, 0.6) is 0 Å². The van der Waals surface area contributed by atoms with Gasteiger partial charge < -0.3 is 10.5 Å². The molecule has 1 saturated heterocycles. The maximum atomic E-state index is 12.3. The lowest BCUT2D eigenvalue weighted by molar-refractivity contribution is 0.105. The molecule has 0 radical (unpaired) electrons. The molecular weight excluding hydrogens is 335 g/mol. The van der Waals surface area contributed by atoms with E-state index < -0.39 is 10.0 Å². The minimum atomic E-state index is -3.72. The second-order valence-electron chi connectivity index (χ2n) is 4.90. The third kappa shape index (κ3) is 4.31. The van der Waals surface area contributed by atoms with Crippen LogP contribution in [0, 0.1) is 0 Å². The Morgan fingerprint density at radius 3 is 2.76 bits per heavy atom. The smallest absolute Gasteiger partial charge is 0.242 e. The van der Waals surface area contributed by atoms with Crippen LogP contribution in [-0.4, -0.2) is 27.7 Å². The Balaban J connectivity index is 2.09. The van der Waals surface area contributed by atoms with Crippen molar-refractivity contribution in [2.75, 3.05) is 13.2 Å². The molecule has 0 bridgehead atoms. The first-order valence-corrected chi connectivity index (χ1v) is 8.97. The summed E-state index contributed by atoms with van der Waals surface area (Å²) < 4.78 is 32.6. The molecule has 0 aliphatic carbocycles. The minimum absolute atomic E-state index is 0.0375. The van der Waals surface area contributed by atoms with Gasteiger partial charge in [-0.05, 0) is 37.0 Å². The maximum Gasteiger partial charge on any atom is 0.242 e. The first-order valence-electron chi connectivity index (χ1n) is 6.73. The van der Waals surface area contributed by atoms with Crippen LogP contribution >= 0.6 is 23.2 Å². The third-order valence-corrected chi connectivity index (χ3v) is 5.63. The summed E-state index contributed by atoms with van der Waals surface area (Å²) in [5.41, 5.74) is 6.04. The Hall–Kier alpha value is -0.370. The fourth-order valence-electron chi connectivity index (χ4n) is 2.27. The molecule has 0 amide bonds. The highest BCUT2D eigenvalue weighted by molar-refractivity contribution is 7.89. The summed E-state index contributed by atoms with van der Waals surface area (Å²) in [6.45, 7) is 1.17. The van der Waals surface area contributed by atoms with Gasteiger partial charge in [-0.25, -0.2) is 13.1 Å². The molecule has 1 aromatic carbocycles. The number of rotatable bonds is 6. The van der Waals surface area contributed by atoms with E-state index in [1.165, 1.54) is 6.07 Å². The SMILES string of the molecule is NCc1cc(Cl)cc(S(=O)(=O)NCCC2CCCO2)c1Cl. The van der Waals surface area contributed by atoms with E-state index in [-0.39, 0.29) is 22.6 Å². The number of hydrogen-bond donors (Lipinski definition) is 2. The van der Waals surface area contributed by atoms with E-state index in [0.29, 0.717) is 23.6 Å². The fourth-order valence-corrected chi connectivity index (χ4v) is 4.25. The molecular formula is C13H18Cl2N2O3S. The molecule has 0 aromatic heterocycles. The van der Waals surface area contributed by atoms with Crippen molar-refractivity contribution in [3.63, 3.8) is 0 Å². The van der Waals surface area contributed by atoms with Crippen molar-refractivity contribution >= 4 is 33.2 Å². The molecule has 5 nitrogen and oxygen atoms in total. The van der Waals surface area contributed by atoms with Crippen LogP contribution in [0.25, 0.3) is 0 Å². The summed E-state index contributed by atoms with van der Waals surface area (Å²) in [6, 6.07) is 2.90. The van der Waals surface area contributed by atoms with Crippen LogP contribution in [0.1, 0.15) is 24.8 Å². The van der Waals surface area contributed by atoms with E-state index in [2.05, 4.69) is 4.72 Å². The number of sulfonamides is 1. The lowest BCUT2D eigenvalue weighted by Gasteiger charge is -2.13. The van der Waals surface area contributed by atoms with Gasteiger partial charge >= 0.3 is 0 Å². The molecule has 118 valence electrons. The van der Waals surface area contributed by atoms with Gasteiger partial charge in [0.2, 0.25) is 10.0 Å². The number of halogens is 2. The summed E-state index contributed by atoms with van der Waals surface area (Å²) >= 11 is 12.0. The van der Waals surface area contributed by atoms with Crippen LogP contribution in [0.2, 0.25) is 10.0 Å². The Morgan fingerprint density at radius 1 is 1.38 bits per heavy atom. The van der Waals surface area contributed by atoms with Gasteiger partial charge in [-0.15, -0.1) is 0 Å². The largest absolute Gasteiger partial charge is 0.378 e. The number of hydrogen-bond acceptors (Lipinski definition) is 4. The van der Waals surface area contributed by atoms with Gasteiger partial charge in [0.1, 0.15) is 4.90 Å². The van der Waals surface area contributed by atoms with Crippen LogP contribution in [0.15, 0.2) is 17.0 Å². The summed E-state index contributed by atoms with van der Waals surface area (Å²) in [5, 5.41) is 0.408. The standard InChI is InChI=1S/C13H18Cl2N2O3S/c14-10-6-9(8-16)13(15)12(7-10)21(18,19)17-4-3-11-2-1-5-20-11/h6-7,11,17H,1-5,8,16H2. The molecule has 1 aliphatic heterocycles. The van der Waals surface area contributed by atoms with Gasteiger partial charge in [0.05, 0.1) is 11.1 Å².